The zero-order valence-electron chi connectivity index (χ0n) is 50.5. The number of aliphatic hydroxyl groups excluding tert-OH is 2. The molecule has 0 fully saturated rings. The maximum Gasteiger partial charge on any atom is 0.305 e. The van der Waals surface area contributed by atoms with Crippen molar-refractivity contribution in [3.63, 3.8) is 0 Å². The molecule has 6 nitrogen and oxygen atoms in total. The van der Waals surface area contributed by atoms with E-state index >= 15 is 0 Å². The molecule has 0 saturated carbocycles. The smallest absolute Gasteiger partial charge is 0.305 e. The van der Waals surface area contributed by atoms with Crippen LogP contribution in [-0.2, 0) is 14.3 Å². The van der Waals surface area contributed by atoms with Crippen LogP contribution < -0.4 is 5.32 Å². The van der Waals surface area contributed by atoms with Crippen LogP contribution in [0.3, 0.4) is 0 Å². The summed E-state index contributed by atoms with van der Waals surface area (Å²) in [4.78, 5) is 24.5. The van der Waals surface area contributed by atoms with Gasteiger partial charge in [-0.25, -0.2) is 0 Å². The number of nitrogens with one attached hydrogen (secondary N) is 1. The van der Waals surface area contributed by atoms with Crippen LogP contribution in [0.2, 0.25) is 0 Å². The molecule has 3 N–H and O–H groups in total. The fraction of sp³-hybridized carbons (Fsp3) is 0.884. The third-order valence-corrected chi connectivity index (χ3v) is 15.7. The molecular weight excluding hydrogens is 923 g/mol. The van der Waals surface area contributed by atoms with Crippen LogP contribution in [0.15, 0.2) is 36.5 Å². The van der Waals surface area contributed by atoms with E-state index in [1.165, 1.54) is 283 Å². The van der Waals surface area contributed by atoms with E-state index in [-0.39, 0.29) is 18.5 Å². The minimum absolute atomic E-state index is 0.00541. The van der Waals surface area contributed by atoms with Crippen molar-refractivity contribution in [3.8, 4) is 0 Å². The monoisotopic (exact) mass is 1050 g/mol. The molecule has 0 aromatic heterocycles. The molecule has 0 aliphatic rings. The second-order valence-corrected chi connectivity index (χ2v) is 23.1. The van der Waals surface area contributed by atoms with Crippen molar-refractivity contribution >= 4 is 11.9 Å². The Kier molecular flexibility index (Phi) is 63.0. The van der Waals surface area contributed by atoms with Gasteiger partial charge in [0.1, 0.15) is 0 Å². The van der Waals surface area contributed by atoms with E-state index in [9.17, 15) is 19.8 Å². The summed E-state index contributed by atoms with van der Waals surface area (Å²) < 4.78 is 5.48. The Hall–Kier alpha value is -1.92. The van der Waals surface area contributed by atoms with Gasteiger partial charge >= 0.3 is 5.97 Å². The highest BCUT2D eigenvalue weighted by atomic mass is 16.5. The number of hydrogen-bond donors (Lipinski definition) is 3. The van der Waals surface area contributed by atoms with Gasteiger partial charge < -0.3 is 20.3 Å². The number of amides is 1. The van der Waals surface area contributed by atoms with E-state index in [1.54, 1.807) is 0 Å². The van der Waals surface area contributed by atoms with E-state index in [2.05, 4.69) is 55.6 Å². The van der Waals surface area contributed by atoms with Crippen molar-refractivity contribution < 1.29 is 24.5 Å². The van der Waals surface area contributed by atoms with Crippen molar-refractivity contribution in [2.45, 2.75) is 379 Å². The van der Waals surface area contributed by atoms with Gasteiger partial charge in [0.25, 0.3) is 0 Å². The lowest BCUT2D eigenvalue weighted by atomic mass is 10.0. The standard InChI is InChI=1S/C69H131NO5/c1-3-5-7-9-11-13-15-17-35-39-43-47-51-55-59-63-69(74)75-64-60-56-52-48-44-40-37-34-32-30-28-26-24-22-20-18-19-21-23-25-27-29-31-33-36-38-42-46-50-54-58-62-68(73)70-66(65-71)67(72)61-57-53-49-45-41-16-14-12-10-8-6-4-2/h17,20,22,26,28,35,66-67,71-72H,3-16,18-19,21,23-25,27,29-34,36-65H2,1-2H3,(H,70,73)/b22-20-,28-26-,35-17-. The number of aliphatic hydroxyl groups is 2. The summed E-state index contributed by atoms with van der Waals surface area (Å²) >= 11 is 0. The lowest BCUT2D eigenvalue weighted by molar-refractivity contribution is -0.143. The third-order valence-electron chi connectivity index (χ3n) is 15.7. The molecule has 0 aromatic carbocycles. The fourth-order valence-electron chi connectivity index (χ4n) is 10.5. The second kappa shape index (κ2) is 64.6. The van der Waals surface area contributed by atoms with E-state index < -0.39 is 12.1 Å². The molecule has 0 radical (unpaired) electrons. The van der Waals surface area contributed by atoms with Gasteiger partial charge in [0.15, 0.2) is 0 Å². The van der Waals surface area contributed by atoms with Crippen molar-refractivity contribution in [1.82, 2.24) is 5.32 Å². The molecule has 0 aromatic rings. The van der Waals surface area contributed by atoms with Crippen LogP contribution in [0.25, 0.3) is 0 Å². The van der Waals surface area contributed by atoms with E-state index in [1.807, 2.05) is 0 Å². The molecule has 0 spiro atoms. The third kappa shape index (κ3) is 61.2. The summed E-state index contributed by atoms with van der Waals surface area (Å²) in [7, 11) is 0. The first-order valence-electron chi connectivity index (χ1n) is 33.7. The summed E-state index contributed by atoms with van der Waals surface area (Å²) in [6.45, 7) is 4.95. The largest absolute Gasteiger partial charge is 0.466 e. The molecule has 0 heterocycles. The van der Waals surface area contributed by atoms with Gasteiger partial charge in [0.2, 0.25) is 5.91 Å². The maximum atomic E-state index is 12.5. The van der Waals surface area contributed by atoms with Gasteiger partial charge in [-0.15, -0.1) is 0 Å². The number of ether oxygens (including phenoxy) is 1. The molecule has 2 atom stereocenters. The highest BCUT2D eigenvalue weighted by Crippen LogP contribution is 2.18. The Balaban J connectivity index is 3.38. The molecule has 6 heteroatoms. The second-order valence-electron chi connectivity index (χ2n) is 23.1. The Bertz CT molecular complexity index is 1210. The van der Waals surface area contributed by atoms with Crippen LogP contribution >= 0.6 is 0 Å². The average Bonchev–Trinajstić information content (AvgIpc) is 3.41. The SMILES string of the molecule is CCCCCCCC/C=C\CCCCCCCC(=O)OCCCCCCCCCCC/C=C\C/C=C\CCCCCCCCCCCCCCCCCC(=O)NC(CO)C(O)CCCCCCCCCCCCCC. The van der Waals surface area contributed by atoms with Crippen molar-refractivity contribution in [1.29, 1.82) is 0 Å². The summed E-state index contributed by atoms with van der Waals surface area (Å²) in [5, 5.41) is 23.2. The Labute approximate surface area is 468 Å². The average molecular weight is 1050 g/mol. The first-order valence-corrected chi connectivity index (χ1v) is 33.7. The summed E-state index contributed by atoms with van der Waals surface area (Å²) in [6.07, 6.45) is 81.9. The first kappa shape index (κ1) is 73.1. The lowest BCUT2D eigenvalue weighted by Crippen LogP contribution is -2.45. The molecule has 0 aliphatic heterocycles. The van der Waals surface area contributed by atoms with Gasteiger partial charge in [0, 0.05) is 12.8 Å². The predicted molar refractivity (Wildman–Crippen MR) is 329 cm³/mol. The summed E-state index contributed by atoms with van der Waals surface area (Å²) in [5.41, 5.74) is 0. The number of carbonyl (C=O) groups excluding carboxylic acids is 2. The van der Waals surface area contributed by atoms with Gasteiger partial charge in [-0.3, -0.25) is 9.59 Å². The number of unbranched alkanes of at least 4 members (excludes halogenated alkanes) is 46. The maximum absolute atomic E-state index is 12.5. The zero-order valence-corrected chi connectivity index (χ0v) is 50.5. The van der Waals surface area contributed by atoms with E-state index in [0.717, 1.165) is 51.4 Å². The molecule has 442 valence electrons. The van der Waals surface area contributed by atoms with Gasteiger partial charge in [0.05, 0.1) is 25.4 Å². The van der Waals surface area contributed by atoms with Crippen LogP contribution in [0.1, 0.15) is 367 Å². The Morgan fingerprint density at radius 3 is 1.03 bits per heavy atom. The van der Waals surface area contributed by atoms with Gasteiger partial charge in [-0.2, -0.15) is 0 Å². The highest BCUT2D eigenvalue weighted by Gasteiger charge is 2.20. The van der Waals surface area contributed by atoms with Crippen molar-refractivity contribution in [2.75, 3.05) is 13.2 Å². The first-order chi connectivity index (χ1) is 37.0. The van der Waals surface area contributed by atoms with Crippen LogP contribution in [0.5, 0.6) is 0 Å². The molecule has 1 amide bonds. The van der Waals surface area contributed by atoms with E-state index in [4.69, 9.17) is 4.74 Å². The number of hydrogen-bond acceptors (Lipinski definition) is 5. The van der Waals surface area contributed by atoms with E-state index in [0.29, 0.717) is 25.9 Å². The molecule has 0 saturated heterocycles. The Morgan fingerprint density at radius 2 is 0.667 bits per heavy atom. The number of esters is 1. The van der Waals surface area contributed by atoms with Gasteiger partial charge in [-0.1, -0.05) is 307 Å². The molecule has 2 unspecified atom stereocenters. The molecule has 0 aliphatic carbocycles. The number of rotatable bonds is 63. The lowest BCUT2D eigenvalue weighted by Gasteiger charge is -2.22. The quantitative estimate of drug-likeness (QED) is 0.0320. The highest BCUT2D eigenvalue weighted by molar-refractivity contribution is 5.76. The molecular formula is C69H131NO5. The van der Waals surface area contributed by atoms with Crippen LogP contribution in [0.4, 0.5) is 0 Å². The predicted octanol–water partition coefficient (Wildman–Crippen LogP) is 21.5. The molecule has 75 heavy (non-hydrogen) atoms. The Morgan fingerprint density at radius 1 is 0.373 bits per heavy atom. The normalized spacial score (nSPS) is 12.7. The zero-order chi connectivity index (χ0) is 54.3. The molecule has 0 bridgehead atoms. The summed E-state index contributed by atoms with van der Waals surface area (Å²) in [5.74, 6) is -0.0282. The van der Waals surface area contributed by atoms with Crippen LogP contribution in [-0.4, -0.2) is 47.4 Å². The van der Waals surface area contributed by atoms with Crippen LogP contribution in [0, 0.1) is 0 Å². The minimum Gasteiger partial charge on any atom is -0.466 e. The van der Waals surface area contributed by atoms with Crippen molar-refractivity contribution in [3.05, 3.63) is 36.5 Å². The number of carbonyl (C=O) groups is 2. The number of allylic oxidation sites excluding steroid dienone is 6. The molecule has 0 rings (SSSR count). The van der Waals surface area contributed by atoms with Gasteiger partial charge in [-0.05, 0) is 83.5 Å². The fourth-order valence-corrected chi connectivity index (χ4v) is 10.5. The summed E-state index contributed by atoms with van der Waals surface area (Å²) in [6, 6.07) is -0.540. The topological polar surface area (TPSA) is 95.9 Å². The minimum atomic E-state index is -0.663. The van der Waals surface area contributed by atoms with Crippen molar-refractivity contribution in [2.24, 2.45) is 0 Å².